The number of halogens is 1. The zero-order valence-corrected chi connectivity index (χ0v) is 11.8. The van der Waals surface area contributed by atoms with Crippen molar-refractivity contribution in [1.29, 1.82) is 0 Å². The summed E-state index contributed by atoms with van der Waals surface area (Å²) in [4.78, 5) is 4.43. The van der Waals surface area contributed by atoms with E-state index in [0.717, 1.165) is 42.1 Å². The maximum absolute atomic E-state index is 5.88. The quantitative estimate of drug-likeness (QED) is 0.628. The van der Waals surface area contributed by atoms with Crippen LogP contribution in [0.4, 0.5) is 0 Å². The van der Waals surface area contributed by atoms with E-state index >= 15 is 0 Å². The van der Waals surface area contributed by atoms with Gasteiger partial charge in [-0.15, -0.1) is 11.6 Å². The Bertz CT molecular complexity index is 367. The van der Waals surface area contributed by atoms with E-state index in [1.165, 1.54) is 0 Å². The number of nitrogens with zero attached hydrogens (tertiary/aromatic N) is 1. The van der Waals surface area contributed by atoms with Crippen molar-refractivity contribution in [2.24, 2.45) is 0 Å². The van der Waals surface area contributed by atoms with Crippen LogP contribution in [-0.2, 0) is 6.54 Å². The zero-order valence-electron chi connectivity index (χ0n) is 11.0. The van der Waals surface area contributed by atoms with Gasteiger partial charge in [0.2, 0.25) is 0 Å². The van der Waals surface area contributed by atoms with Crippen LogP contribution in [0.15, 0.2) is 6.20 Å². The lowest BCUT2D eigenvalue weighted by Crippen LogP contribution is -2.18. The lowest BCUT2D eigenvalue weighted by atomic mass is 10.1. The minimum Gasteiger partial charge on any atom is -0.496 e. The molecule has 17 heavy (non-hydrogen) atoms. The molecule has 0 spiro atoms. The van der Waals surface area contributed by atoms with Crippen LogP contribution in [0.3, 0.4) is 0 Å². The van der Waals surface area contributed by atoms with Gasteiger partial charge < -0.3 is 10.1 Å². The molecule has 4 heteroatoms. The summed E-state index contributed by atoms with van der Waals surface area (Å²) in [6.07, 6.45) is 2.82. The van der Waals surface area contributed by atoms with Crippen molar-refractivity contribution in [3.05, 3.63) is 23.0 Å². The Kier molecular flexibility index (Phi) is 5.72. The van der Waals surface area contributed by atoms with Crippen LogP contribution >= 0.6 is 11.6 Å². The van der Waals surface area contributed by atoms with Crippen molar-refractivity contribution in [3.8, 4) is 5.75 Å². The maximum atomic E-state index is 5.88. The van der Waals surface area contributed by atoms with Crippen LogP contribution in [0.5, 0.6) is 5.75 Å². The first kappa shape index (κ1) is 14.3. The number of methoxy groups -OCH3 is 1. The van der Waals surface area contributed by atoms with Gasteiger partial charge in [-0.05, 0) is 33.7 Å². The number of alkyl halides is 1. The number of hydrogen-bond acceptors (Lipinski definition) is 3. The number of aryl methyl sites for hydroxylation is 1. The summed E-state index contributed by atoms with van der Waals surface area (Å²) >= 11 is 5.88. The Hall–Kier alpha value is -0.800. The van der Waals surface area contributed by atoms with Gasteiger partial charge in [0.1, 0.15) is 5.75 Å². The number of ether oxygens (including phenoxy) is 1. The van der Waals surface area contributed by atoms with Crippen LogP contribution in [-0.4, -0.2) is 24.0 Å². The third kappa shape index (κ3) is 4.17. The third-order valence-corrected chi connectivity index (χ3v) is 2.98. The van der Waals surface area contributed by atoms with Gasteiger partial charge >= 0.3 is 0 Å². The van der Waals surface area contributed by atoms with Gasteiger partial charge in [0, 0.05) is 29.2 Å². The van der Waals surface area contributed by atoms with Crippen molar-refractivity contribution < 1.29 is 4.74 Å². The minimum atomic E-state index is 0.212. The number of aromatic nitrogens is 1. The highest BCUT2D eigenvalue weighted by atomic mass is 35.5. The third-order valence-electron chi connectivity index (χ3n) is 2.76. The molecule has 1 aromatic heterocycles. The molecule has 0 saturated carbocycles. The highest BCUT2D eigenvalue weighted by Crippen LogP contribution is 2.23. The zero-order chi connectivity index (χ0) is 12.8. The molecule has 1 unspecified atom stereocenters. The van der Waals surface area contributed by atoms with E-state index in [2.05, 4.69) is 10.3 Å². The first-order valence-corrected chi connectivity index (χ1v) is 6.33. The van der Waals surface area contributed by atoms with Gasteiger partial charge in [0.05, 0.1) is 12.8 Å². The maximum Gasteiger partial charge on any atom is 0.128 e. The van der Waals surface area contributed by atoms with E-state index in [4.69, 9.17) is 16.3 Å². The summed E-state index contributed by atoms with van der Waals surface area (Å²) in [5, 5.41) is 3.55. The minimum absolute atomic E-state index is 0.212. The van der Waals surface area contributed by atoms with Crippen LogP contribution in [0, 0.1) is 13.8 Å². The second-order valence-electron chi connectivity index (χ2n) is 4.29. The fourth-order valence-electron chi connectivity index (χ4n) is 1.76. The van der Waals surface area contributed by atoms with E-state index in [0.29, 0.717) is 0 Å². The fourth-order valence-corrected chi connectivity index (χ4v) is 1.87. The second kappa shape index (κ2) is 6.82. The van der Waals surface area contributed by atoms with Gasteiger partial charge in [0.25, 0.3) is 0 Å². The second-order valence-corrected chi connectivity index (χ2v) is 5.04. The number of rotatable bonds is 6. The molecule has 1 aromatic rings. The van der Waals surface area contributed by atoms with Gasteiger partial charge in [0.15, 0.2) is 0 Å². The first-order chi connectivity index (χ1) is 8.06. The highest BCUT2D eigenvalue weighted by Gasteiger charge is 2.08. The van der Waals surface area contributed by atoms with Crippen molar-refractivity contribution >= 4 is 11.6 Å². The van der Waals surface area contributed by atoms with Crippen LogP contribution in [0.1, 0.15) is 30.2 Å². The summed E-state index contributed by atoms with van der Waals surface area (Å²) in [6.45, 7) is 7.71. The highest BCUT2D eigenvalue weighted by molar-refractivity contribution is 6.20. The van der Waals surface area contributed by atoms with Gasteiger partial charge in [-0.1, -0.05) is 0 Å². The average molecular weight is 257 g/mol. The molecule has 1 heterocycles. The van der Waals surface area contributed by atoms with E-state index in [-0.39, 0.29) is 5.38 Å². The molecule has 1 N–H and O–H groups in total. The Labute approximate surface area is 109 Å². The molecule has 0 radical (unpaired) electrons. The average Bonchev–Trinajstić information content (AvgIpc) is 2.27. The molecule has 0 saturated heterocycles. The summed E-state index contributed by atoms with van der Waals surface area (Å²) in [5.41, 5.74) is 3.22. The molecule has 1 atom stereocenters. The molecule has 96 valence electrons. The molecule has 0 fully saturated rings. The van der Waals surface area contributed by atoms with E-state index in [1.54, 1.807) is 7.11 Å². The monoisotopic (exact) mass is 256 g/mol. The fraction of sp³-hybridized carbons (Fsp3) is 0.615. The van der Waals surface area contributed by atoms with Crippen LogP contribution in [0.25, 0.3) is 0 Å². The van der Waals surface area contributed by atoms with Crippen LogP contribution < -0.4 is 10.1 Å². The Morgan fingerprint density at radius 2 is 2.18 bits per heavy atom. The molecule has 3 nitrogen and oxygen atoms in total. The van der Waals surface area contributed by atoms with E-state index in [1.807, 2.05) is 27.0 Å². The molecule has 0 aliphatic rings. The molecule has 0 aliphatic carbocycles. The summed E-state index contributed by atoms with van der Waals surface area (Å²) in [6, 6.07) is 0. The summed E-state index contributed by atoms with van der Waals surface area (Å²) in [5.74, 6) is 0.933. The smallest absolute Gasteiger partial charge is 0.128 e. The van der Waals surface area contributed by atoms with Crippen molar-refractivity contribution in [2.45, 2.75) is 39.1 Å². The Morgan fingerprint density at radius 1 is 1.47 bits per heavy atom. The molecular weight excluding hydrogens is 236 g/mol. The number of hydrogen-bond donors (Lipinski definition) is 1. The van der Waals surface area contributed by atoms with E-state index in [9.17, 15) is 0 Å². The molecular formula is C13H21ClN2O. The number of nitrogens with one attached hydrogen (secondary N) is 1. The normalized spacial score (nSPS) is 12.5. The molecule has 0 bridgehead atoms. The lowest BCUT2D eigenvalue weighted by Gasteiger charge is -2.13. The molecule has 1 rings (SSSR count). The Balaban J connectivity index is 2.60. The van der Waals surface area contributed by atoms with Crippen molar-refractivity contribution in [1.82, 2.24) is 10.3 Å². The van der Waals surface area contributed by atoms with Crippen LogP contribution in [0.2, 0.25) is 0 Å². The topological polar surface area (TPSA) is 34.1 Å². The largest absolute Gasteiger partial charge is 0.496 e. The van der Waals surface area contributed by atoms with Gasteiger partial charge in [-0.25, -0.2) is 0 Å². The van der Waals surface area contributed by atoms with Crippen molar-refractivity contribution in [2.75, 3.05) is 13.7 Å². The SMILES string of the molecule is COc1c(C)cnc(CNCCC(C)Cl)c1C. The van der Waals surface area contributed by atoms with Crippen molar-refractivity contribution in [3.63, 3.8) is 0 Å². The predicted molar refractivity (Wildman–Crippen MR) is 71.9 cm³/mol. The lowest BCUT2D eigenvalue weighted by molar-refractivity contribution is 0.406. The predicted octanol–water partition coefficient (Wildman–Crippen LogP) is 2.81. The molecule has 0 aliphatic heterocycles. The standard InChI is InChI=1S/C13H21ClN2O/c1-9-7-16-12(11(3)13(9)17-4)8-15-6-5-10(2)14/h7,10,15H,5-6,8H2,1-4H3. The number of pyridine rings is 1. The first-order valence-electron chi connectivity index (χ1n) is 5.90. The molecule has 0 amide bonds. The Morgan fingerprint density at radius 3 is 2.76 bits per heavy atom. The summed E-state index contributed by atoms with van der Waals surface area (Å²) < 4.78 is 5.37. The van der Waals surface area contributed by atoms with Gasteiger partial charge in [-0.3, -0.25) is 4.98 Å². The molecule has 0 aromatic carbocycles. The van der Waals surface area contributed by atoms with Gasteiger partial charge in [-0.2, -0.15) is 0 Å². The van der Waals surface area contributed by atoms with E-state index < -0.39 is 0 Å². The summed E-state index contributed by atoms with van der Waals surface area (Å²) in [7, 11) is 1.70.